The van der Waals surface area contributed by atoms with E-state index in [0.717, 1.165) is 0 Å². The number of nitrogens with zero attached hydrogens (tertiary/aromatic N) is 1. The molecule has 1 heteroatoms. The third kappa shape index (κ3) is 2.39. The molecule has 0 saturated heterocycles. The first kappa shape index (κ1) is 19.3. The summed E-state index contributed by atoms with van der Waals surface area (Å²) in [5.74, 6) is 0. The summed E-state index contributed by atoms with van der Waals surface area (Å²) in [7, 11) is 0. The van der Waals surface area contributed by atoms with Crippen LogP contribution in [0, 0.1) is 0 Å². The Bertz CT molecular complexity index is 2250. The number of benzene rings is 7. The minimum absolute atomic E-state index is 1.21. The molecule has 1 aliphatic carbocycles. The fourth-order valence-corrected chi connectivity index (χ4v) is 6.83. The Hall–Kier alpha value is -4.88. The molecule has 0 N–H and O–H groups in total. The highest BCUT2D eigenvalue weighted by molar-refractivity contribution is 6.32. The maximum atomic E-state index is 2.50. The van der Waals surface area contributed by atoms with Crippen LogP contribution >= 0.6 is 0 Å². The standard InChI is InChI=1S/C36H21N/c1-2-14-27-25(12-1)28-18-9-10-22-20-23(21-32(27)34(22)28)37-33-19-8-7-17-31(33)35-29-15-5-3-11-24(29)26-13-4-6-16-30(26)36(35)37/h1-21H. The molecule has 1 heterocycles. The van der Waals surface area contributed by atoms with Crippen LogP contribution in [0.1, 0.15) is 0 Å². The maximum absolute atomic E-state index is 2.50. The molecule has 0 aliphatic heterocycles. The molecule has 0 bridgehead atoms. The van der Waals surface area contributed by atoms with Crippen molar-refractivity contribution >= 4 is 54.1 Å². The van der Waals surface area contributed by atoms with Gasteiger partial charge >= 0.3 is 0 Å². The molecular formula is C36H21N. The van der Waals surface area contributed by atoms with Gasteiger partial charge in [0.25, 0.3) is 0 Å². The van der Waals surface area contributed by atoms with Crippen molar-refractivity contribution in [3.8, 4) is 27.9 Å². The topological polar surface area (TPSA) is 4.93 Å². The summed E-state index contributed by atoms with van der Waals surface area (Å²) < 4.78 is 2.50. The molecule has 0 saturated carbocycles. The molecular weight excluding hydrogens is 446 g/mol. The highest BCUT2D eigenvalue weighted by Gasteiger charge is 2.24. The summed E-state index contributed by atoms with van der Waals surface area (Å²) in [5.41, 5.74) is 9.06. The van der Waals surface area contributed by atoms with Crippen LogP contribution in [0.3, 0.4) is 0 Å². The van der Waals surface area contributed by atoms with Crippen molar-refractivity contribution < 1.29 is 0 Å². The number of aromatic nitrogens is 1. The van der Waals surface area contributed by atoms with Crippen LogP contribution in [0.15, 0.2) is 127 Å². The fourth-order valence-electron chi connectivity index (χ4n) is 6.83. The van der Waals surface area contributed by atoms with E-state index in [0.29, 0.717) is 0 Å². The van der Waals surface area contributed by atoms with Gasteiger partial charge in [-0.15, -0.1) is 0 Å². The average Bonchev–Trinajstić information content (AvgIpc) is 3.48. The average molecular weight is 468 g/mol. The zero-order valence-electron chi connectivity index (χ0n) is 20.1. The van der Waals surface area contributed by atoms with Gasteiger partial charge in [-0.25, -0.2) is 0 Å². The lowest BCUT2D eigenvalue weighted by Crippen LogP contribution is -1.96. The van der Waals surface area contributed by atoms with Gasteiger partial charge in [0.1, 0.15) is 0 Å². The van der Waals surface area contributed by atoms with Crippen molar-refractivity contribution in [3.05, 3.63) is 127 Å². The SMILES string of the molecule is c1ccc2c(c1)-c1cccc3cc(-n4c5ccccc5c5c6ccccc6c6ccccc6c54)cc-2c13. The van der Waals surface area contributed by atoms with Crippen molar-refractivity contribution in [2.45, 2.75) is 0 Å². The van der Waals surface area contributed by atoms with Gasteiger partial charge in [-0.05, 0) is 67.4 Å². The van der Waals surface area contributed by atoms with Crippen LogP contribution in [-0.2, 0) is 0 Å². The molecule has 1 nitrogen and oxygen atoms in total. The van der Waals surface area contributed by atoms with E-state index in [1.54, 1.807) is 0 Å². The van der Waals surface area contributed by atoms with Gasteiger partial charge in [0.05, 0.1) is 11.0 Å². The van der Waals surface area contributed by atoms with Crippen LogP contribution < -0.4 is 0 Å². The number of fused-ring (bicyclic) bond motifs is 11. The van der Waals surface area contributed by atoms with E-state index in [1.165, 1.54) is 82.1 Å². The van der Waals surface area contributed by atoms with E-state index < -0.39 is 0 Å². The van der Waals surface area contributed by atoms with Crippen LogP contribution in [0.25, 0.3) is 82.1 Å². The lowest BCUT2D eigenvalue weighted by molar-refractivity contribution is 1.19. The number of hydrogen-bond acceptors (Lipinski definition) is 0. The highest BCUT2D eigenvalue weighted by atomic mass is 15.0. The first-order valence-corrected chi connectivity index (χ1v) is 12.9. The van der Waals surface area contributed by atoms with Crippen molar-refractivity contribution in [3.63, 3.8) is 0 Å². The summed E-state index contributed by atoms with van der Waals surface area (Å²) in [6, 6.07) is 46.9. The quantitative estimate of drug-likeness (QED) is 0.212. The molecule has 37 heavy (non-hydrogen) atoms. The lowest BCUT2D eigenvalue weighted by atomic mass is 9.97. The second-order valence-corrected chi connectivity index (χ2v) is 10.1. The Morgan fingerprint density at radius 1 is 0.378 bits per heavy atom. The monoisotopic (exact) mass is 467 g/mol. The minimum atomic E-state index is 1.21. The Balaban J connectivity index is 1.53. The second kappa shape index (κ2) is 6.87. The zero-order valence-corrected chi connectivity index (χ0v) is 20.1. The van der Waals surface area contributed by atoms with E-state index in [2.05, 4.69) is 132 Å². The number of para-hydroxylation sites is 1. The van der Waals surface area contributed by atoms with Crippen molar-refractivity contribution in [2.24, 2.45) is 0 Å². The molecule has 8 aromatic rings. The normalized spacial score (nSPS) is 12.3. The molecule has 0 fully saturated rings. The largest absolute Gasteiger partial charge is 0.309 e. The maximum Gasteiger partial charge on any atom is 0.0625 e. The molecule has 1 aromatic heterocycles. The molecule has 0 unspecified atom stereocenters. The Morgan fingerprint density at radius 3 is 1.78 bits per heavy atom. The van der Waals surface area contributed by atoms with E-state index >= 15 is 0 Å². The van der Waals surface area contributed by atoms with Gasteiger partial charge in [-0.2, -0.15) is 0 Å². The predicted molar refractivity (Wildman–Crippen MR) is 158 cm³/mol. The molecule has 0 atom stereocenters. The van der Waals surface area contributed by atoms with Crippen molar-refractivity contribution in [1.82, 2.24) is 4.57 Å². The molecule has 9 rings (SSSR count). The third-order valence-corrected chi connectivity index (χ3v) is 8.27. The summed E-state index contributed by atoms with van der Waals surface area (Å²) in [6.07, 6.45) is 0. The molecule has 0 radical (unpaired) electrons. The minimum Gasteiger partial charge on any atom is -0.309 e. The van der Waals surface area contributed by atoms with Crippen LogP contribution in [0.5, 0.6) is 0 Å². The smallest absolute Gasteiger partial charge is 0.0625 e. The van der Waals surface area contributed by atoms with Gasteiger partial charge < -0.3 is 4.57 Å². The zero-order chi connectivity index (χ0) is 24.1. The Kier molecular flexibility index (Phi) is 3.59. The van der Waals surface area contributed by atoms with Gasteiger partial charge in [-0.3, -0.25) is 0 Å². The van der Waals surface area contributed by atoms with Crippen molar-refractivity contribution in [1.29, 1.82) is 0 Å². The summed E-state index contributed by atoms with van der Waals surface area (Å²) >= 11 is 0. The molecule has 1 aliphatic rings. The predicted octanol–water partition coefficient (Wildman–Crippen LogP) is 9.89. The van der Waals surface area contributed by atoms with Gasteiger partial charge in [0.2, 0.25) is 0 Å². The number of rotatable bonds is 1. The molecule has 0 amide bonds. The van der Waals surface area contributed by atoms with Crippen molar-refractivity contribution in [2.75, 3.05) is 0 Å². The first-order valence-electron chi connectivity index (χ1n) is 12.9. The molecule has 170 valence electrons. The lowest BCUT2D eigenvalue weighted by Gasteiger charge is -2.14. The van der Waals surface area contributed by atoms with Gasteiger partial charge in [0, 0.05) is 21.8 Å². The Labute approximate surface area is 213 Å². The fraction of sp³-hybridized carbons (Fsp3) is 0. The van der Waals surface area contributed by atoms with E-state index in [-0.39, 0.29) is 0 Å². The van der Waals surface area contributed by atoms with E-state index in [4.69, 9.17) is 0 Å². The van der Waals surface area contributed by atoms with Gasteiger partial charge in [-0.1, -0.05) is 109 Å². The summed E-state index contributed by atoms with van der Waals surface area (Å²) in [5, 5.41) is 10.5. The first-order chi connectivity index (χ1) is 18.4. The van der Waals surface area contributed by atoms with Crippen LogP contribution in [0.2, 0.25) is 0 Å². The Morgan fingerprint density at radius 2 is 0.973 bits per heavy atom. The number of hydrogen-bond donors (Lipinski definition) is 0. The van der Waals surface area contributed by atoms with Gasteiger partial charge in [0.15, 0.2) is 0 Å². The van der Waals surface area contributed by atoms with E-state index in [9.17, 15) is 0 Å². The van der Waals surface area contributed by atoms with Crippen LogP contribution in [-0.4, -0.2) is 4.57 Å². The molecule has 7 aromatic carbocycles. The van der Waals surface area contributed by atoms with E-state index in [1.807, 2.05) is 0 Å². The summed E-state index contributed by atoms with van der Waals surface area (Å²) in [6.45, 7) is 0. The highest BCUT2D eigenvalue weighted by Crippen LogP contribution is 2.49. The third-order valence-electron chi connectivity index (χ3n) is 8.27. The molecule has 0 spiro atoms. The second-order valence-electron chi connectivity index (χ2n) is 10.1. The van der Waals surface area contributed by atoms with Crippen LogP contribution in [0.4, 0.5) is 0 Å². The summed E-state index contributed by atoms with van der Waals surface area (Å²) in [4.78, 5) is 0.